The van der Waals surface area contributed by atoms with Crippen LogP contribution >= 0.6 is 0 Å². The van der Waals surface area contributed by atoms with Gasteiger partial charge in [-0.2, -0.15) is 0 Å². The Morgan fingerprint density at radius 2 is 1.43 bits per heavy atom. The standard InChI is InChI=1S/C27H28FNO6/c1-27(2,3)35-26(32)29-24(16-25(30)31)19-6-12-21(13-7-19)33-17-18-4-10-22(11-5-18)34-23-14-8-20(28)9-15-23/h4-15,24H,16-17H2,1-3H3,(H,29,32)(H,30,31)/t24-/m0/s1. The van der Waals surface area contributed by atoms with Crippen LogP contribution in [0, 0.1) is 5.82 Å². The summed E-state index contributed by atoms with van der Waals surface area (Å²) < 4.78 is 29.7. The Balaban J connectivity index is 1.57. The average Bonchev–Trinajstić information content (AvgIpc) is 2.78. The maximum Gasteiger partial charge on any atom is 0.408 e. The second-order valence-electron chi connectivity index (χ2n) is 8.85. The normalized spacial score (nSPS) is 11.9. The summed E-state index contributed by atoms with van der Waals surface area (Å²) in [5.74, 6) is 0.379. The number of halogens is 1. The van der Waals surface area contributed by atoms with Gasteiger partial charge in [-0.3, -0.25) is 4.79 Å². The molecular weight excluding hydrogens is 453 g/mol. The average molecular weight is 482 g/mol. The third kappa shape index (κ3) is 8.66. The van der Waals surface area contributed by atoms with Gasteiger partial charge in [0.1, 0.15) is 35.3 Å². The summed E-state index contributed by atoms with van der Waals surface area (Å²) in [6, 6.07) is 19.2. The minimum atomic E-state index is -1.04. The molecule has 1 atom stereocenters. The van der Waals surface area contributed by atoms with Crippen molar-refractivity contribution in [3.8, 4) is 17.2 Å². The predicted molar refractivity (Wildman–Crippen MR) is 128 cm³/mol. The van der Waals surface area contributed by atoms with E-state index in [9.17, 15) is 19.1 Å². The number of nitrogens with one attached hydrogen (secondary N) is 1. The second-order valence-corrected chi connectivity index (χ2v) is 8.85. The van der Waals surface area contributed by atoms with Crippen LogP contribution in [0.4, 0.5) is 9.18 Å². The van der Waals surface area contributed by atoms with Gasteiger partial charge in [0.15, 0.2) is 0 Å². The van der Waals surface area contributed by atoms with Gasteiger partial charge in [-0.15, -0.1) is 0 Å². The van der Waals surface area contributed by atoms with Crippen molar-refractivity contribution >= 4 is 12.1 Å². The van der Waals surface area contributed by atoms with Gasteiger partial charge in [0.25, 0.3) is 0 Å². The molecule has 0 aliphatic heterocycles. The molecule has 0 aromatic heterocycles. The molecule has 2 N–H and O–H groups in total. The highest BCUT2D eigenvalue weighted by Gasteiger charge is 2.22. The second kappa shape index (κ2) is 11.4. The number of rotatable bonds is 9. The molecule has 0 spiro atoms. The molecule has 0 aliphatic carbocycles. The Hall–Kier alpha value is -4.07. The number of alkyl carbamates (subject to hydrolysis) is 1. The SMILES string of the molecule is CC(C)(C)OC(=O)N[C@@H](CC(=O)O)c1ccc(OCc2ccc(Oc3ccc(F)cc3)cc2)cc1. The number of carboxylic acids is 1. The Morgan fingerprint density at radius 3 is 1.97 bits per heavy atom. The van der Waals surface area contributed by atoms with Crippen molar-refractivity contribution in [3.63, 3.8) is 0 Å². The van der Waals surface area contributed by atoms with Gasteiger partial charge in [-0.25, -0.2) is 9.18 Å². The van der Waals surface area contributed by atoms with Crippen LogP contribution in [0.5, 0.6) is 17.2 Å². The van der Waals surface area contributed by atoms with E-state index in [0.717, 1.165) is 5.56 Å². The number of aliphatic carboxylic acids is 1. The zero-order valence-corrected chi connectivity index (χ0v) is 19.8. The lowest BCUT2D eigenvalue weighted by atomic mass is 10.0. The number of hydrogen-bond acceptors (Lipinski definition) is 5. The van der Waals surface area contributed by atoms with Crippen molar-refractivity contribution in [2.75, 3.05) is 0 Å². The molecule has 0 unspecified atom stereocenters. The summed E-state index contributed by atoms with van der Waals surface area (Å²) in [7, 11) is 0. The van der Waals surface area contributed by atoms with Gasteiger partial charge in [-0.05, 0) is 80.4 Å². The monoisotopic (exact) mass is 481 g/mol. The van der Waals surface area contributed by atoms with Crippen molar-refractivity contribution in [2.24, 2.45) is 0 Å². The minimum absolute atomic E-state index is 0.286. The molecule has 35 heavy (non-hydrogen) atoms. The summed E-state index contributed by atoms with van der Waals surface area (Å²) >= 11 is 0. The molecule has 3 aromatic rings. The van der Waals surface area contributed by atoms with E-state index in [-0.39, 0.29) is 12.2 Å². The number of benzene rings is 3. The predicted octanol–water partition coefficient (Wildman–Crippen LogP) is 6.24. The van der Waals surface area contributed by atoms with E-state index in [2.05, 4.69) is 5.32 Å². The van der Waals surface area contributed by atoms with Gasteiger partial charge in [0, 0.05) is 0 Å². The van der Waals surface area contributed by atoms with E-state index < -0.39 is 23.7 Å². The van der Waals surface area contributed by atoms with Crippen LogP contribution in [-0.4, -0.2) is 22.8 Å². The molecule has 0 aliphatic rings. The molecule has 1 amide bonds. The lowest BCUT2D eigenvalue weighted by molar-refractivity contribution is -0.137. The molecule has 3 aromatic carbocycles. The number of carboxylic acid groups (broad SMARTS) is 1. The highest BCUT2D eigenvalue weighted by atomic mass is 19.1. The van der Waals surface area contributed by atoms with Gasteiger partial charge >= 0.3 is 12.1 Å². The van der Waals surface area contributed by atoms with Crippen LogP contribution in [0.15, 0.2) is 72.8 Å². The quantitative estimate of drug-likeness (QED) is 0.376. The van der Waals surface area contributed by atoms with Gasteiger partial charge in [0.05, 0.1) is 12.5 Å². The Morgan fingerprint density at radius 1 is 0.886 bits per heavy atom. The Bertz CT molecular complexity index is 1120. The number of hydrogen-bond donors (Lipinski definition) is 2. The first-order chi connectivity index (χ1) is 16.6. The van der Waals surface area contributed by atoms with Crippen LogP contribution in [0.3, 0.4) is 0 Å². The van der Waals surface area contributed by atoms with E-state index in [0.29, 0.717) is 29.4 Å². The summed E-state index contributed by atoms with van der Waals surface area (Å²) in [4.78, 5) is 23.4. The number of carbonyl (C=O) groups excluding carboxylic acids is 1. The molecule has 3 rings (SSSR count). The topological polar surface area (TPSA) is 94.1 Å². The first-order valence-electron chi connectivity index (χ1n) is 11.0. The van der Waals surface area contributed by atoms with E-state index >= 15 is 0 Å². The van der Waals surface area contributed by atoms with Crippen LogP contribution in [0.2, 0.25) is 0 Å². The van der Waals surface area contributed by atoms with Crippen LogP contribution in [-0.2, 0) is 16.1 Å². The molecule has 0 fully saturated rings. The van der Waals surface area contributed by atoms with Crippen molar-refractivity contribution in [1.82, 2.24) is 5.32 Å². The molecule has 0 bridgehead atoms. The fourth-order valence-electron chi connectivity index (χ4n) is 3.13. The van der Waals surface area contributed by atoms with Gasteiger partial charge in [0.2, 0.25) is 0 Å². The van der Waals surface area contributed by atoms with E-state index in [1.54, 1.807) is 69.3 Å². The molecule has 0 radical (unpaired) electrons. The summed E-state index contributed by atoms with van der Waals surface area (Å²) in [6.07, 6.45) is -0.970. The number of amides is 1. The largest absolute Gasteiger partial charge is 0.489 e. The van der Waals surface area contributed by atoms with E-state index in [4.69, 9.17) is 14.2 Å². The molecule has 7 nitrogen and oxygen atoms in total. The highest BCUT2D eigenvalue weighted by molar-refractivity contribution is 5.72. The molecule has 0 heterocycles. The third-order valence-corrected chi connectivity index (χ3v) is 4.73. The Labute approximate surface area is 203 Å². The zero-order valence-electron chi connectivity index (χ0n) is 19.8. The van der Waals surface area contributed by atoms with E-state index in [1.165, 1.54) is 12.1 Å². The molecule has 0 saturated carbocycles. The van der Waals surface area contributed by atoms with Crippen molar-refractivity contribution in [2.45, 2.75) is 45.4 Å². The summed E-state index contributed by atoms with van der Waals surface area (Å²) in [5.41, 5.74) is 0.838. The van der Waals surface area contributed by atoms with Crippen molar-refractivity contribution < 1.29 is 33.3 Å². The zero-order chi connectivity index (χ0) is 25.4. The van der Waals surface area contributed by atoms with Gasteiger partial charge in [-0.1, -0.05) is 24.3 Å². The number of carbonyl (C=O) groups is 2. The van der Waals surface area contributed by atoms with Crippen molar-refractivity contribution in [3.05, 3.63) is 89.7 Å². The maximum atomic E-state index is 13.0. The van der Waals surface area contributed by atoms with Gasteiger partial charge < -0.3 is 24.6 Å². The Kier molecular flexibility index (Phi) is 8.30. The van der Waals surface area contributed by atoms with E-state index in [1.807, 2.05) is 12.1 Å². The highest BCUT2D eigenvalue weighted by Crippen LogP contribution is 2.24. The third-order valence-electron chi connectivity index (χ3n) is 4.73. The summed E-state index contributed by atoms with van der Waals surface area (Å²) in [5, 5.41) is 11.8. The van der Waals surface area contributed by atoms with Crippen LogP contribution in [0.25, 0.3) is 0 Å². The molecule has 184 valence electrons. The van der Waals surface area contributed by atoms with Crippen LogP contribution < -0.4 is 14.8 Å². The van der Waals surface area contributed by atoms with Crippen LogP contribution in [0.1, 0.15) is 44.4 Å². The molecule has 0 saturated heterocycles. The fraction of sp³-hybridized carbons (Fsp3) is 0.259. The first-order valence-corrected chi connectivity index (χ1v) is 11.0. The summed E-state index contributed by atoms with van der Waals surface area (Å²) in [6.45, 7) is 5.51. The first kappa shape index (κ1) is 25.6. The molecule has 8 heteroatoms. The smallest absolute Gasteiger partial charge is 0.408 e. The maximum absolute atomic E-state index is 13.0. The molecular formula is C27H28FNO6. The van der Waals surface area contributed by atoms with Crippen molar-refractivity contribution in [1.29, 1.82) is 0 Å². The minimum Gasteiger partial charge on any atom is -0.489 e. The fourth-order valence-corrected chi connectivity index (χ4v) is 3.13. The number of ether oxygens (including phenoxy) is 3. The lowest BCUT2D eigenvalue weighted by Gasteiger charge is -2.23. The lowest BCUT2D eigenvalue weighted by Crippen LogP contribution is -2.35.